The van der Waals surface area contributed by atoms with Crippen LogP contribution in [0, 0.1) is 0 Å². The molecule has 0 spiro atoms. The van der Waals surface area contributed by atoms with Gasteiger partial charge in [0, 0.05) is 5.56 Å². The maximum absolute atomic E-state index is 11.4. The largest absolute Gasteiger partial charge is 0.387 e. The van der Waals surface area contributed by atoms with Gasteiger partial charge in [-0.15, -0.1) is 0 Å². The van der Waals surface area contributed by atoms with E-state index in [0.29, 0.717) is 11.2 Å². The molecule has 33 heavy (non-hydrogen) atoms. The Hall–Kier alpha value is -2.67. The van der Waals surface area contributed by atoms with Crippen molar-refractivity contribution in [2.45, 2.75) is 62.7 Å². The van der Waals surface area contributed by atoms with Crippen LogP contribution in [0.15, 0.2) is 43.0 Å². The van der Waals surface area contributed by atoms with E-state index >= 15 is 0 Å². The number of nitrogens with zero attached hydrogens (tertiary/aromatic N) is 4. The lowest BCUT2D eigenvalue weighted by Gasteiger charge is -2.38. The van der Waals surface area contributed by atoms with Crippen molar-refractivity contribution >= 4 is 17.0 Å². The predicted octanol–water partition coefficient (Wildman–Crippen LogP) is 1.30. The molecule has 0 radical (unpaired) electrons. The summed E-state index contributed by atoms with van der Waals surface area (Å²) in [6.07, 6.45) is -2.07. The van der Waals surface area contributed by atoms with E-state index in [2.05, 4.69) is 15.0 Å². The first-order chi connectivity index (χ1) is 15.9. The van der Waals surface area contributed by atoms with Crippen molar-refractivity contribution in [2.24, 2.45) is 0 Å². The van der Waals surface area contributed by atoms with Crippen molar-refractivity contribution < 1.29 is 28.8 Å². The summed E-state index contributed by atoms with van der Waals surface area (Å²) in [5.74, 6) is -0.667. The third-order valence-electron chi connectivity index (χ3n) is 6.22. The first kappa shape index (κ1) is 20.9. The highest BCUT2D eigenvalue weighted by atomic mass is 16.8. The lowest BCUT2D eigenvalue weighted by Crippen LogP contribution is -2.51. The van der Waals surface area contributed by atoms with Crippen molar-refractivity contribution in [3.05, 3.63) is 48.5 Å². The highest BCUT2D eigenvalue weighted by molar-refractivity contribution is 5.81. The molecule has 6 rings (SSSR count). The molecule has 2 aromatic heterocycles. The summed E-state index contributed by atoms with van der Waals surface area (Å²) in [5, 5.41) is 11.4. The standard InChI is InChI=1S/C22H25N5O6/c1-22(2)32-16-14(28)15-12(8-29-21(31-15)11-6-4-3-5-7-11)30-20(17(16)33-22)27-10-26-13-18(23)24-9-25-19(13)27/h3-7,9-10,12,14-17,20-21,28H,8H2,1-2H3,(H2,23,24,25)/t12-,14+,15-,16-,17-,20-,21?/m1/s1. The Morgan fingerprint density at radius 3 is 2.64 bits per heavy atom. The van der Waals surface area contributed by atoms with E-state index in [9.17, 15) is 5.11 Å². The topological polar surface area (TPSA) is 136 Å². The second kappa shape index (κ2) is 7.69. The summed E-state index contributed by atoms with van der Waals surface area (Å²) >= 11 is 0. The average molecular weight is 455 g/mol. The molecule has 11 heteroatoms. The third kappa shape index (κ3) is 3.48. The van der Waals surface area contributed by atoms with Crippen LogP contribution in [0.1, 0.15) is 31.9 Å². The molecule has 3 N–H and O–H groups in total. The molecular weight excluding hydrogens is 430 g/mol. The number of hydrogen-bond donors (Lipinski definition) is 2. The molecule has 0 saturated carbocycles. The number of aromatic nitrogens is 4. The van der Waals surface area contributed by atoms with Crippen LogP contribution in [0.3, 0.4) is 0 Å². The van der Waals surface area contributed by atoms with Crippen molar-refractivity contribution in [2.75, 3.05) is 12.3 Å². The number of aliphatic hydroxyl groups is 1. The second-order valence-electron chi connectivity index (χ2n) is 8.88. The summed E-state index contributed by atoms with van der Waals surface area (Å²) in [6, 6.07) is 9.58. The van der Waals surface area contributed by atoms with Gasteiger partial charge in [-0.1, -0.05) is 30.3 Å². The number of rotatable bonds is 2. The number of hydrogen-bond acceptors (Lipinski definition) is 10. The first-order valence-electron chi connectivity index (χ1n) is 10.9. The van der Waals surface area contributed by atoms with Crippen LogP contribution >= 0.6 is 0 Å². The Kier molecular flexibility index (Phi) is 4.87. The van der Waals surface area contributed by atoms with Crippen molar-refractivity contribution in [1.29, 1.82) is 0 Å². The number of anilines is 1. The van der Waals surface area contributed by atoms with Gasteiger partial charge in [0.05, 0.1) is 12.9 Å². The van der Waals surface area contributed by atoms with E-state index in [-0.39, 0.29) is 12.4 Å². The van der Waals surface area contributed by atoms with Crippen LogP contribution in [0.25, 0.3) is 11.2 Å². The number of aliphatic hydroxyl groups excluding tert-OH is 1. The molecule has 3 aliphatic rings. The van der Waals surface area contributed by atoms with E-state index in [1.54, 1.807) is 24.7 Å². The van der Waals surface area contributed by atoms with Gasteiger partial charge >= 0.3 is 0 Å². The molecule has 1 aromatic carbocycles. The van der Waals surface area contributed by atoms with E-state index in [4.69, 9.17) is 29.4 Å². The quantitative estimate of drug-likeness (QED) is 0.582. The van der Waals surface area contributed by atoms with Crippen LogP contribution in [-0.2, 0) is 23.7 Å². The molecule has 174 valence electrons. The molecule has 1 unspecified atom stereocenters. The highest BCUT2D eigenvalue weighted by Gasteiger charge is 2.57. The fraction of sp³-hybridized carbons (Fsp3) is 0.500. The van der Waals surface area contributed by atoms with E-state index in [1.807, 2.05) is 30.3 Å². The summed E-state index contributed by atoms with van der Waals surface area (Å²) < 4.78 is 32.7. The zero-order valence-corrected chi connectivity index (χ0v) is 18.1. The maximum Gasteiger partial charge on any atom is 0.184 e. The Bertz CT molecular complexity index is 1160. The molecule has 3 fully saturated rings. The van der Waals surface area contributed by atoms with Crippen LogP contribution in [0.5, 0.6) is 0 Å². The molecule has 0 amide bonds. The van der Waals surface area contributed by atoms with E-state index in [1.165, 1.54) is 6.33 Å². The molecule has 5 heterocycles. The SMILES string of the molecule is CC1(C)O[C@@H]2[C@@H](O)[C@@H]3OC(c4ccccc4)OC[C@H]3O[C@@H](n3cnc4c(N)ncnc43)[C@@H]2O1. The summed E-state index contributed by atoms with van der Waals surface area (Å²) in [4.78, 5) is 12.7. The van der Waals surface area contributed by atoms with Crippen molar-refractivity contribution in [1.82, 2.24) is 19.5 Å². The van der Waals surface area contributed by atoms with Crippen LogP contribution in [-0.4, -0.2) is 67.5 Å². The van der Waals surface area contributed by atoms with Gasteiger partial charge in [0.15, 0.2) is 29.8 Å². The normalized spacial score (nSPS) is 35.7. The van der Waals surface area contributed by atoms with Gasteiger partial charge in [0.2, 0.25) is 0 Å². The zero-order chi connectivity index (χ0) is 22.7. The number of fused-ring (bicyclic) bond motifs is 3. The summed E-state index contributed by atoms with van der Waals surface area (Å²) in [7, 11) is 0. The molecular formula is C22H25N5O6. The molecule has 11 nitrogen and oxygen atoms in total. The maximum atomic E-state index is 11.4. The van der Waals surface area contributed by atoms with Gasteiger partial charge in [-0.3, -0.25) is 4.57 Å². The lowest BCUT2D eigenvalue weighted by molar-refractivity contribution is -0.299. The monoisotopic (exact) mass is 455 g/mol. The van der Waals surface area contributed by atoms with Gasteiger partial charge in [0.25, 0.3) is 0 Å². The van der Waals surface area contributed by atoms with Gasteiger partial charge in [-0.05, 0) is 13.8 Å². The Morgan fingerprint density at radius 1 is 1.03 bits per heavy atom. The van der Waals surface area contributed by atoms with Crippen molar-refractivity contribution in [3.63, 3.8) is 0 Å². The average Bonchev–Trinajstić information content (AvgIpc) is 3.36. The van der Waals surface area contributed by atoms with Gasteiger partial charge in [-0.25, -0.2) is 15.0 Å². The highest BCUT2D eigenvalue weighted by Crippen LogP contribution is 2.44. The molecule has 7 atom stereocenters. The number of nitrogens with two attached hydrogens (primary N) is 1. The molecule has 3 saturated heterocycles. The van der Waals surface area contributed by atoms with Crippen LogP contribution < -0.4 is 5.73 Å². The Morgan fingerprint density at radius 2 is 1.82 bits per heavy atom. The predicted molar refractivity (Wildman–Crippen MR) is 113 cm³/mol. The van der Waals surface area contributed by atoms with E-state index in [0.717, 1.165) is 5.56 Å². The number of benzene rings is 1. The van der Waals surface area contributed by atoms with Crippen molar-refractivity contribution in [3.8, 4) is 0 Å². The number of imidazole rings is 1. The third-order valence-corrected chi connectivity index (χ3v) is 6.22. The number of ether oxygens (including phenoxy) is 5. The van der Waals surface area contributed by atoms with Gasteiger partial charge < -0.3 is 34.5 Å². The summed E-state index contributed by atoms with van der Waals surface area (Å²) in [6.45, 7) is 3.81. The van der Waals surface area contributed by atoms with Crippen LogP contribution in [0.4, 0.5) is 5.82 Å². The minimum absolute atomic E-state index is 0.213. The van der Waals surface area contributed by atoms with Gasteiger partial charge in [-0.2, -0.15) is 0 Å². The summed E-state index contributed by atoms with van der Waals surface area (Å²) in [5.41, 5.74) is 7.78. The Balaban J connectivity index is 1.38. The second-order valence-corrected chi connectivity index (χ2v) is 8.88. The minimum atomic E-state index is -1.02. The Labute approximate surface area is 189 Å². The minimum Gasteiger partial charge on any atom is -0.387 e. The fourth-order valence-corrected chi connectivity index (χ4v) is 4.77. The lowest BCUT2D eigenvalue weighted by atomic mass is 9.99. The molecule has 3 aromatic rings. The number of nitrogen functional groups attached to an aromatic ring is 1. The van der Waals surface area contributed by atoms with Crippen LogP contribution in [0.2, 0.25) is 0 Å². The molecule has 3 aliphatic heterocycles. The molecule has 0 aliphatic carbocycles. The smallest absolute Gasteiger partial charge is 0.184 e. The van der Waals surface area contributed by atoms with E-state index < -0.39 is 48.8 Å². The fourth-order valence-electron chi connectivity index (χ4n) is 4.77. The van der Waals surface area contributed by atoms with Gasteiger partial charge in [0.1, 0.15) is 42.4 Å². The zero-order valence-electron chi connectivity index (χ0n) is 18.1. The first-order valence-corrected chi connectivity index (χ1v) is 10.9. The molecule has 0 bridgehead atoms.